The number of anilines is 3. The van der Waals surface area contributed by atoms with Gasteiger partial charge in [-0.1, -0.05) is 140 Å². The molecule has 3 heterocycles. The van der Waals surface area contributed by atoms with Crippen LogP contribution in [-0.2, 0) is 0 Å². The molecule has 0 bridgehead atoms. The zero-order chi connectivity index (χ0) is 38.2. The van der Waals surface area contributed by atoms with Crippen molar-refractivity contribution in [3.05, 3.63) is 200 Å². The normalized spacial score (nSPS) is 11.8. The summed E-state index contributed by atoms with van der Waals surface area (Å²) in [7, 11) is 0. The van der Waals surface area contributed by atoms with Gasteiger partial charge in [-0.25, -0.2) is 0 Å². The van der Waals surface area contributed by atoms with Crippen molar-refractivity contribution < 1.29 is 8.83 Å². The lowest BCUT2D eigenvalue weighted by Crippen LogP contribution is -2.10. The van der Waals surface area contributed by atoms with Gasteiger partial charge in [0, 0.05) is 58.7 Å². The third-order valence-electron chi connectivity index (χ3n) is 11.5. The number of furan rings is 2. The Morgan fingerprint density at radius 3 is 1.74 bits per heavy atom. The van der Waals surface area contributed by atoms with Crippen molar-refractivity contribution in [2.75, 3.05) is 4.90 Å². The highest BCUT2D eigenvalue weighted by Crippen LogP contribution is 2.45. The lowest BCUT2D eigenvalue weighted by atomic mass is 9.99. The average Bonchev–Trinajstić information content (AvgIpc) is 3.99. The number of rotatable bonds is 6. The standard InChI is InChI=1S/C54H33NO2S/c1-2-11-35(12-3-1)41-16-8-17-44-46-33-37(27-32-49(46)56-53(41)44)34-23-28-38(29-24-34)55(47-19-9-18-43-42-13-4-6-20-48(42)57-54(43)47)39-30-25-36(26-31-39)40-15-10-22-51-52(40)45-14-5-7-21-50(45)58-51/h1-33H. The number of hydrogen-bond acceptors (Lipinski definition) is 4. The Labute approximate surface area is 338 Å². The first kappa shape index (κ1) is 32.8. The summed E-state index contributed by atoms with van der Waals surface area (Å²) >= 11 is 1.85. The second kappa shape index (κ2) is 13.1. The Kier molecular flexibility index (Phi) is 7.40. The first-order valence-electron chi connectivity index (χ1n) is 19.6. The smallest absolute Gasteiger partial charge is 0.159 e. The zero-order valence-corrected chi connectivity index (χ0v) is 32.0. The minimum atomic E-state index is 0.860. The number of hydrogen-bond donors (Lipinski definition) is 0. The zero-order valence-electron chi connectivity index (χ0n) is 31.2. The highest BCUT2D eigenvalue weighted by molar-refractivity contribution is 7.25. The predicted molar refractivity (Wildman–Crippen MR) is 245 cm³/mol. The van der Waals surface area contributed by atoms with Crippen molar-refractivity contribution in [1.82, 2.24) is 0 Å². The van der Waals surface area contributed by atoms with E-state index >= 15 is 0 Å². The second-order valence-electron chi connectivity index (χ2n) is 14.8. The summed E-state index contributed by atoms with van der Waals surface area (Å²) in [6.07, 6.45) is 0. The molecule has 0 radical (unpaired) electrons. The molecule has 0 N–H and O–H groups in total. The predicted octanol–water partition coefficient (Wildman–Crippen LogP) is 16.3. The number of para-hydroxylation sites is 3. The first-order valence-corrected chi connectivity index (χ1v) is 20.4. The second-order valence-corrected chi connectivity index (χ2v) is 15.9. The Hall–Kier alpha value is -7.40. The van der Waals surface area contributed by atoms with Crippen LogP contribution in [0.1, 0.15) is 0 Å². The van der Waals surface area contributed by atoms with Gasteiger partial charge in [-0.3, -0.25) is 0 Å². The van der Waals surface area contributed by atoms with E-state index in [0.717, 1.165) is 83.2 Å². The molecule has 272 valence electrons. The van der Waals surface area contributed by atoms with E-state index in [1.165, 1.54) is 31.3 Å². The van der Waals surface area contributed by atoms with E-state index in [-0.39, 0.29) is 0 Å². The molecule has 0 amide bonds. The minimum Gasteiger partial charge on any atom is -0.455 e. The van der Waals surface area contributed by atoms with Crippen molar-refractivity contribution in [2.24, 2.45) is 0 Å². The van der Waals surface area contributed by atoms with Crippen LogP contribution in [0.4, 0.5) is 17.1 Å². The van der Waals surface area contributed by atoms with Crippen molar-refractivity contribution in [3.63, 3.8) is 0 Å². The number of thiophene rings is 1. The van der Waals surface area contributed by atoms with Crippen LogP contribution in [-0.4, -0.2) is 0 Å². The molecule has 0 aliphatic heterocycles. The Bertz CT molecular complexity index is 3500. The summed E-state index contributed by atoms with van der Waals surface area (Å²) in [6.45, 7) is 0. The summed E-state index contributed by atoms with van der Waals surface area (Å²) in [6, 6.07) is 71.3. The number of benzene rings is 9. The monoisotopic (exact) mass is 759 g/mol. The van der Waals surface area contributed by atoms with Crippen LogP contribution >= 0.6 is 11.3 Å². The molecule has 12 aromatic rings. The molecule has 3 aromatic heterocycles. The Morgan fingerprint density at radius 2 is 0.914 bits per heavy atom. The average molecular weight is 760 g/mol. The summed E-state index contributed by atoms with van der Waals surface area (Å²) in [5.41, 5.74) is 13.6. The summed E-state index contributed by atoms with van der Waals surface area (Å²) in [5.74, 6) is 0. The molecule has 0 atom stereocenters. The number of nitrogens with zero attached hydrogens (tertiary/aromatic N) is 1. The first-order chi connectivity index (χ1) is 28.7. The highest BCUT2D eigenvalue weighted by Gasteiger charge is 2.20. The molecule has 0 unspecified atom stereocenters. The van der Waals surface area contributed by atoms with E-state index < -0.39 is 0 Å². The van der Waals surface area contributed by atoms with Crippen LogP contribution in [0.2, 0.25) is 0 Å². The van der Waals surface area contributed by atoms with Gasteiger partial charge in [0.15, 0.2) is 5.58 Å². The molecule has 0 aliphatic carbocycles. The quantitative estimate of drug-likeness (QED) is 0.169. The molecule has 0 aliphatic rings. The van der Waals surface area contributed by atoms with Gasteiger partial charge in [-0.2, -0.15) is 0 Å². The van der Waals surface area contributed by atoms with Crippen LogP contribution in [0.5, 0.6) is 0 Å². The highest BCUT2D eigenvalue weighted by atomic mass is 32.1. The maximum Gasteiger partial charge on any atom is 0.159 e. The van der Waals surface area contributed by atoms with E-state index in [1.54, 1.807) is 0 Å². The fraction of sp³-hybridized carbons (Fsp3) is 0. The molecule has 12 rings (SSSR count). The summed E-state index contributed by atoms with van der Waals surface area (Å²) in [4.78, 5) is 2.32. The lowest BCUT2D eigenvalue weighted by Gasteiger charge is -2.26. The molecule has 0 spiro atoms. The van der Waals surface area contributed by atoms with Crippen molar-refractivity contribution in [3.8, 4) is 33.4 Å². The largest absolute Gasteiger partial charge is 0.455 e. The molecule has 3 nitrogen and oxygen atoms in total. The van der Waals surface area contributed by atoms with E-state index in [4.69, 9.17) is 8.83 Å². The Morgan fingerprint density at radius 1 is 0.345 bits per heavy atom. The van der Waals surface area contributed by atoms with E-state index in [9.17, 15) is 0 Å². The van der Waals surface area contributed by atoms with E-state index in [1.807, 2.05) is 29.5 Å². The van der Waals surface area contributed by atoms with Crippen LogP contribution in [0.15, 0.2) is 209 Å². The van der Waals surface area contributed by atoms with E-state index in [2.05, 4.69) is 187 Å². The van der Waals surface area contributed by atoms with Gasteiger partial charge in [0.1, 0.15) is 16.7 Å². The molecular weight excluding hydrogens is 727 g/mol. The SMILES string of the molecule is c1ccc(-c2cccc3c2oc2ccc(-c4ccc(N(c5ccc(-c6cccc7sc8ccccc8c67)cc5)c5cccc6c5oc5ccccc56)cc4)cc23)cc1. The van der Waals surface area contributed by atoms with Crippen LogP contribution < -0.4 is 4.90 Å². The third kappa shape index (κ3) is 5.19. The van der Waals surface area contributed by atoms with Crippen LogP contribution in [0.25, 0.3) is 97.4 Å². The maximum atomic E-state index is 6.63. The minimum absolute atomic E-state index is 0.860. The molecule has 9 aromatic carbocycles. The fourth-order valence-electron chi connectivity index (χ4n) is 8.77. The molecule has 0 saturated heterocycles. The fourth-order valence-corrected chi connectivity index (χ4v) is 9.90. The molecule has 0 fully saturated rings. The molecule has 4 heteroatoms. The Balaban J connectivity index is 0.970. The summed E-state index contributed by atoms with van der Waals surface area (Å²) in [5, 5.41) is 7.05. The van der Waals surface area contributed by atoms with Crippen LogP contribution in [0, 0.1) is 0 Å². The van der Waals surface area contributed by atoms with Crippen molar-refractivity contribution >= 4 is 92.4 Å². The van der Waals surface area contributed by atoms with Gasteiger partial charge in [0.05, 0.1) is 5.69 Å². The lowest BCUT2D eigenvalue weighted by molar-refractivity contribution is 0.669. The van der Waals surface area contributed by atoms with Gasteiger partial charge in [0.25, 0.3) is 0 Å². The van der Waals surface area contributed by atoms with Crippen molar-refractivity contribution in [2.45, 2.75) is 0 Å². The van der Waals surface area contributed by atoms with Gasteiger partial charge in [-0.15, -0.1) is 11.3 Å². The van der Waals surface area contributed by atoms with E-state index in [0.29, 0.717) is 0 Å². The molecular formula is C54H33NO2S. The molecule has 0 saturated carbocycles. The van der Waals surface area contributed by atoms with Gasteiger partial charge >= 0.3 is 0 Å². The topological polar surface area (TPSA) is 29.5 Å². The molecule has 58 heavy (non-hydrogen) atoms. The third-order valence-corrected chi connectivity index (χ3v) is 12.6. The number of fused-ring (bicyclic) bond motifs is 9. The van der Waals surface area contributed by atoms with Gasteiger partial charge in [0.2, 0.25) is 0 Å². The van der Waals surface area contributed by atoms with Gasteiger partial charge in [-0.05, 0) is 88.5 Å². The summed E-state index contributed by atoms with van der Waals surface area (Å²) < 4.78 is 15.7. The maximum absolute atomic E-state index is 6.63. The van der Waals surface area contributed by atoms with Gasteiger partial charge < -0.3 is 13.7 Å². The van der Waals surface area contributed by atoms with Crippen LogP contribution in [0.3, 0.4) is 0 Å². The van der Waals surface area contributed by atoms with Crippen molar-refractivity contribution in [1.29, 1.82) is 0 Å².